The van der Waals surface area contributed by atoms with Crippen LogP contribution in [-0.2, 0) is 6.42 Å². The van der Waals surface area contributed by atoms with Gasteiger partial charge in [-0.1, -0.05) is 48.5 Å². The van der Waals surface area contributed by atoms with E-state index in [0.29, 0.717) is 6.42 Å². The zero-order chi connectivity index (χ0) is 12.3. The van der Waals surface area contributed by atoms with E-state index < -0.39 is 5.21 Å². The van der Waals surface area contributed by atoms with Crippen LogP contribution in [0.5, 0.6) is 0 Å². The van der Waals surface area contributed by atoms with Crippen molar-refractivity contribution in [2.45, 2.75) is 18.6 Å². The van der Waals surface area contributed by atoms with Crippen molar-refractivity contribution < 1.29 is 0 Å². The quantitative estimate of drug-likeness (QED) is 0.720. The van der Waals surface area contributed by atoms with E-state index in [1.165, 1.54) is 0 Å². The van der Waals surface area contributed by atoms with E-state index in [4.69, 9.17) is 15.7 Å². The molecule has 0 aliphatic rings. The third-order valence-electron chi connectivity index (χ3n) is 2.48. The van der Waals surface area contributed by atoms with E-state index in [0.717, 1.165) is 16.8 Å². The van der Waals surface area contributed by atoms with Crippen LogP contribution in [0.2, 0.25) is 5.21 Å². The summed E-state index contributed by atoms with van der Waals surface area (Å²) in [6, 6.07) is 14.1. The van der Waals surface area contributed by atoms with Crippen LogP contribution in [-0.4, -0.2) is 20.7 Å². The summed E-state index contributed by atoms with van der Waals surface area (Å²) in [5.41, 5.74) is 3.13. The predicted molar refractivity (Wildman–Crippen MR) is 73.3 cm³/mol. The zero-order valence-electron chi connectivity index (χ0n) is 9.93. The number of pyridine rings is 1. The van der Waals surface area contributed by atoms with Gasteiger partial charge in [-0.2, -0.15) is 0 Å². The second-order valence-corrected chi connectivity index (χ2v) is 4.60. The molecule has 0 atom stereocenters. The van der Waals surface area contributed by atoms with E-state index >= 15 is 0 Å². The van der Waals surface area contributed by atoms with Crippen molar-refractivity contribution in [1.29, 1.82) is 0 Å². The maximum atomic E-state index is 5.77. The van der Waals surface area contributed by atoms with Gasteiger partial charge < -0.3 is 0 Å². The first-order valence-electron chi connectivity index (χ1n) is 5.63. The molecule has 0 bridgehead atoms. The Morgan fingerprint density at radius 3 is 2.29 bits per heavy atom. The molecule has 0 spiro atoms. The average molecular weight is 217 g/mol. The molecule has 17 heavy (non-hydrogen) atoms. The van der Waals surface area contributed by atoms with Crippen LogP contribution in [0.4, 0.5) is 0 Å². The Morgan fingerprint density at radius 1 is 1.06 bits per heavy atom. The smallest absolute Gasteiger partial charge is 0.0702 e. The molecular formula is C14H13B2N. The molecule has 0 amide bonds. The molecule has 4 radical (unpaired) electrons. The topological polar surface area (TPSA) is 12.9 Å². The molecule has 1 nitrogen and oxygen atoms in total. The number of aromatic nitrogens is 1. The number of hydrogen-bond donors (Lipinski definition) is 0. The Balaban J connectivity index is 2.19. The molecule has 0 aliphatic carbocycles. The molecule has 0 saturated carbocycles. The van der Waals surface area contributed by atoms with Gasteiger partial charge in [0, 0.05) is 11.8 Å². The summed E-state index contributed by atoms with van der Waals surface area (Å²) in [5, 5.41) is -0.685. The molecule has 1 aromatic carbocycles. The van der Waals surface area contributed by atoms with E-state index in [9.17, 15) is 0 Å². The maximum absolute atomic E-state index is 5.77. The van der Waals surface area contributed by atoms with Gasteiger partial charge in [-0.3, -0.25) is 4.98 Å². The highest BCUT2D eigenvalue weighted by Gasteiger charge is 2.10. The van der Waals surface area contributed by atoms with Crippen molar-refractivity contribution in [3.05, 3.63) is 54.2 Å². The van der Waals surface area contributed by atoms with Gasteiger partial charge in [-0.15, -0.1) is 0 Å². The van der Waals surface area contributed by atoms with Crippen LogP contribution in [0.1, 0.15) is 12.5 Å². The van der Waals surface area contributed by atoms with Gasteiger partial charge in [0.05, 0.1) is 21.4 Å². The second-order valence-electron chi connectivity index (χ2n) is 4.60. The highest BCUT2D eigenvalue weighted by atomic mass is 14.7. The lowest BCUT2D eigenvalue weighted by Crippen LogP contribution is -2.11. The Hall–Kier alpha value is -1.50. The van der Waals surface area contributed by atoms with Crippen LogP contribution in [0, 0.1) is 0 Å². The lowest BCUT2D eigenvalue weighted by molar-refractivity contribution is 0.830. The SMILES string of the molecule is [B]C([B])(C)Cc1ccc(-c2ccccc2)nc1. The van der Waals surface area contributed by atoms with Gasteiger partial charge in [0.2, 0.25) is 0 Å². The second kappa shape index (κ2) is 4.79. The summed E-state index contributed by atoms with van der Waals surface area (Å²) in [5.74, 6) is 0. The summed E-state index contributed by atoms with van der Waals surface area (Å²) in [7, 11) is 11.5. The summed E-state index contributed by atoms with van der Waals surface area (Å²) >= 11 is 0. The van der Waals surface area contributed by atoms with E-state index in [2.05, 4.69) is 4.98 Å². The fraction of sp³-hybridized carbons (Fsp3) is 0.214. The minimum atomic E-state index is -0.685. The van der Waals surface area contributed by atoms with E-state index in [1.54, 1.807) is 6.92 Å². The minimum Gasteiger partial charge on any atom is -0.256 e. The van der Waals surface area contributed by atoms with Crippen molar-refractivity contribution in [3.63, 3.8) is 0 Å². The number of nitrogens with zero attached hydrogens (tertiary/aromatic N) is 1. The lowest BCUT2D eigenvalue weighted by atomic mass is 9.53. The largest absolute Gasteiger partial charge is 0.256 e. The molecule has 80 valence electrons. The number of rotatable bonds is 3. The van der Waals surface area contributed by atoms with Crippen molar-refractivity contribution in [1.82, 2.24) is 4.98 Å². The van der Waals surface area contributed by atoms with Crippen molar-refractivity contribution in [2.24, 2.45) is 0 Å². The Kier molecular flexibility index (Phi) is 3.37. The molecule has 2 aromatic rings. The Morgan fingerprint density at radius 2 is 1.76 bits per heavy atom. The van der Waals surface area contributed by atoms with Gasteiger partial charge in [0.25, 0.3) is 0 Å². The molecule has 0 saturated heterocycles. The number of hydrogen-bond acceptors (Lipinski definition) is 1. The number of benzene rings is 1. The Bertz CT molecular complexity index is 472. The van der Waals surface area contributed by atoms with Gasteiger partial charge in [-0.05, 0) is 18.1 Å². The van der Waals surface area contributed by atoms with E-state index in [1.807, 2.05) is 48.7 Å². The van der Waals surface area contributed by atoms with Gasteiger partial charge >= 0.3 is 0 Å². The third kappa shape index (κ3) is 3.48. The summed E-state index contributed by atoms with van der Waals surface area (Å²) < 4.78 is 0. The minimum absolute atomic E-state index is 0.620. The highest BCUT2D eigenvalue weighted by Crippen LogP contribution is 2.22. The maximum Gasteiger partial charge on any atom is 0.0702 e. The van der Waals surface area contributed by atoms with Gasteiger partial charge in [-0.25, -0.2) is 0 Å². The van der Waals surface area contributed by atoms with Crippen LogP contribution >= 0.6 is 0 Å². The van der Waals surface area contributed by atoms with Crippen LogP contribution in [0.25, 0.3) is 11.3 Å². The first-order valence-corrected chi connectivity index (χ1v) is 5.63. The molecule has 3 heteroatoms. The molecule has 2 rings (SSSR count). The van der Waals surface area contributed by atoms with Crippen molar-refractivity contribution in [3.8, 4) is 11.3 Å². The first kappa shape index (κ1) is 12.0. The average Bonchev–Trinajstić information content (AvgIpc) is 2.29. The van der Waals surface area contributed by atoms with Gasteiger partial charge in [0.1, 0.15) is 0 Å². The Labute approximate surface area is 105 Å². The first-order chi connectivity index (χ1) is 8.04. The van der Waals surface area contributed by atoms with Gasteiger partial charge in [0.15, 0.2) is 0 Å². The normalized spacial score (nSPS) is 11.4. The molecule has 0 fully saturated rings. The van der Waals surface area contributed by atoms with Crippen LogP contribution in [0.15, 0.2) is 48.7 Å². The monoisotopic (exact) mass is 217 g/mol. The third-order valence-corrected chi connectivity index (χ3v) is 2.48. The molecule has 0 N–H and O–H groups in total. The molecular weight excluding hydrogens is 204 g/mol. The summed E-state index contributed by atoms with van der Waals surface area (Å²) in [6.45, 7) is 1.80. The fourth-order valence-corrected chi connectivity index (χ4v) is 1.75. The lowest BCUT2D eigenvalue weighted by Gasteiger charge is -2.18. The van der Waals surface area contributed by atoms with E-state index in [-0.39, 0.29) is 0 Å². The highest BCUT2D eigenvalue weighted by molar-refractivity contribution is 6.39. The van der Waals surface area contributed by atoms with Crippen molar-refractivity contribution in [2.75, 3.05) is 0 Å². The standard InChI is InChI=1S/C14H13B2N/c1-14(15,16)9-11-7-8-13(17-10-11)12-5-3-2-4-6-12/h2-8,10H,9H2,1H3. The fourth-order valence-electron chi connectivity index (χ4n) is 1.75. The van der Waals surface area contributed by atoms with Crippen LogP contribution in [0.3, 0.4) is 0 Å². The zero-order valence-corrected chi connectivity index (χ0v) is 9.93. The molecule has 1 aromatic heterocycles. The summed E-state index contributed by atoms with van der Waals surface area (Å²) in [4.78, 5) is 4.42. The molecule has 1 heterocycles. The summed E-state index contributed by atoms with van der Waals surface area (Å²) in [6.07, 6.45) is 2.45. The predicted octanol–water partition coefficient (Wildman–Crippen LogP) is 2.76. The molecule has 0 unspecified atom stereocenters. The molecule has 0 aliphatic heterocycles. The van der Waals surface area contributed by atoms with Crippen LogP contribution < -0.4 is 0 Å². The van der Waals surface area contributed by atoms with Crippen molar-refractivity contribution >= 4 is 15.7 Å².